The minimum absolute atomic E-state index is 0.0687. The van der Waals surface area contributed by atoms with E-state index in [1.54, 1.807) is 6.08 Å². The Bertz CT molecular complexity index is 1990. The van der Waals surface area contributed by atoms with E-state index < -0.39 is 46.8 Å². The normalized spacial score (nSPS) is 22.5. The molecule has 0 aromatic carbocycles. The summed E-state index contributed by atoms with van der Waals surface area (Å²) in [7, 11) is 0. The number of unbranched alkanes of at least 4 members (excludes halogenated alkanes) is 17. The maximum atomic E-state index is 14.0. The number of carbonyl (C=O) groups is 3. The molecule has 1 fully saturated rings. The first-order valence-electron chi connectivity index (χ1n) is 28.8. The lowest BCUT2D eigenvalue weighted by Gasteiger charge is -2.46. The van der Waals surface area contributed by atoms with E-state index in [1.165, 1.54) is 83.5 Å². The minimum atomic E-state index is -0.737. The van der Waals surface area contributed by atoms with Gasteiger partial charge in [0.1, 0.15) is 0 Å². The van der Waals surface area contributed by atoms with Gasteiger partial charge in [0, 0.05) is 11.3 Å². The summed E-state index contributed by atoms with van der Waals surface area (Å²) in [5, 5.41) is 22.0. The van der Waals surface area contributed by atoms with E-state index in [1.807, 2.05) is 63.3 Å². The molecule has 0 bridgehead atoms. The molecule has 0 amide bonds. The van der Waals surface area contributed by atoms with Crippen LogP contribution in [0.2, 0.25) is 0 Å². The first kappa shape index (κ1) is 65.0. The number of rotatable bonds is 34. The Balaban J connectivity index is 2.07. The fraction of sp³-hybridized carbons (Fsp3) is 0.652. The molecule has 2 unspecified atom stereocenters. The number of hydrogen-bond acceptors (Lipinski definition) is 7. The monoisotopic (exact) mass is 1010 g/mol. The molecule has 7 nitrogen and oxygen atoms in total. The number of hydrogen-bond donors (Lipinski definition) is 2. The van der Waals surface area contributed by atoms with E-state index >= 15 is 0 Å². The Kier molecular flexibility index (Phi) is 31.4. The molecule has 0 aromatic heterocycles. The van der Waals surface area contributed by atoms with Crippen molar-refractivity contribution in [2.45, 2.75) is 249 Å². The molecule has 2 aliphatic carbocycles. The molecule has 73 heavy (non-hydrogen) atoms. The third-order valence-corrected chi connectivity index (χ3v) is 15.9. The Labute approximate surface area is 446 Å². The summed E-state index contributed by atoms with van der Waals surface area (Å²) in [5.74, 6) is -2.04. The summed E-state index contributed by atoms with van der Waals surface area (Å²) in [5.41, 5.74) is 5.10. The molecule has 2 rings (SSSR count). The second-order valence-corrected chi connectivity index (χ2v) is 23.3. The van der Waals surface area contributed by atoms with Crippen molar-refractivity contribution in [2.75, 3.05) is 0 Å². The number of ketones is 1. The highest BCUT2D eigenvalue weighted by atomic mass is 17.2. The molecule has 0 spiro atoms. The highest BCUT2D eigenvalue weighted by Crippen LogP contribution is 2.53. The van der Waals surface area contributed by atoms with E-state index in [2.05, 4.69) is 98.8 Å². The molecule has 7 heteroatoms. The van der Waals surface area contributed by atoms with Crippen LogP contribution >= 0.6 is 0 Å². The average molecular weight is 1010 g/mol. The lowest BCUT2D eigenvalue weighted by Crippen LogP contribution is -2.47. The zero-order chi connectivity index (χ0) is 54.3. The van der Waals surface area contributed by atoms with E-state index in [0.29, 0.717) is 32.1 Å². The molecule has 5 atom stereocenters. The Hall–Kier alpha value is -4.07. The van der Waals surface area contributed by atoms with Gasteiger partial charge in [-0.1, -0.05) is 271 Å². The SMILES string of the molecule is CCCCCCCCCCCCC(C(=O)OOC(=O)CCCCCCCCCCC)C1[C@H](O)CC(C)=C(/C=C/C(C)=C/C=C/C(C)=C/C=C/C=C(C)/C=C/C=C(C)/C=C/C(=O)[C@]2(C)C[C@@H](O)CC2(C)C)C1(C)C. The molecule has 410 valence electrons. The van der Waals surface area contributed by atoms with Crippen molar-refractivity contribution < 1.29 is 34.4 Å². The number of aliphatic hydroxyl groups excluding tert-OH is 2. The molecular weight excluding hydrogens is 905 g/mol. The predicted molar refractivity (Wildman–Crippen MR) is 307 cm³/mol. The van der Waals surface area contributed by atoms with Crippen molar-refractivity contribution in [3.8, 4) is 0 Å². The topological polar surface area (TPSA) is 110 Å². The van der Waals surface area contributed by atoms with Crippen LogP contribution in [0.5, 0.6) is 0 Å². The molecule has 0 aliphatic heterocycles. The van der Waals surface area contributed by atoms with E-state index in [4.69, 9.17) is 9.78 Å². The quantitative estimate of drug-likeness (QED) is 0.0217. The standard InChI is InChI=1S/C66H104O7/c1-13-15-17-19-21-23-25-26-28-30-42-57(63(71)73-72-61(70)43-31-29-27-24-22-20-18-16-14-2)62-59(68)48-55(7)58(65(62,10)11)46-44-53(5)40-34-38-51(3)36-32-33-37-52(4)39-35-41-54(6)45-47-60(69)66(12)50-56(67)49-64(66,8)9/h32-41,44-47,56-57,59,62,67-68H,13-31,42-43,48-50H2,1-12H3/b33-32+,38-34+,39-35+,46-44+,47-45+,51-36+,52-37+,53-40+,54-41+/t56-,57?,59+,62?,66-/m0/s1. The number of allylic oxidation sites excluding steroid dienone is 19. The maximum absolute atomic E-state index is 14.0. The summed E-state index contributed by atoms with van der Waals surface area (Å²) < 4.78 is 0. The first-order valence-corrected chi connectivity index (χ1v) is 28.8. The molecule has 0 saturated heterocycles. The second-order valence-electron chi connectivity index (χ2n) is 23.3. The summed E-state index contributed by atoms with van der Waals surface area (Å²) in [6, 6.07) is 0. The van der Waals surface area contributed by atoms with Gasteiger partial charge in [0.2, 0.25) is 0 Å². The van der Waals surface area contributed by atoms with Crippen molar-refractivity contribution >= 4 is 17.7 Å². The maximum Gasteiger partial charge on any atom is 0.359 e. The minimum Gasteiger partial charge on any atom is -0.393 e. The van der Waals surface area contributed by atoms with Gasteiger partial charge in [0.05, 0.1) is 24.5 Å². The zero-order valence-electron chi connectivity index (χ0n) is 48.3. The Morgan fingerprint density at radius 3 is 1.52 bits per heavy atom. The summed E-state index contributed by atoms with van der Waals surface area (Å²) in [6.45, 7) is 25.1. The van der Waals surface area contributed by atoms with Gasteiger partial charge < -0.3 is 10.2 Å². The first-order chi connectivity index (χ1) is 34.7. The van der Waals surface area contributed by atoms with Crippen LogP contribution in [0, 0.1) is 28.1 Å². The van der Waals surface area contributed by atoms with E-state index in [0.717, 1.165) is 65.5 Å². The van der Waals surface area contributed by atoms with Gasteiger partial charge >= 0.3 is 11.9 Å². The largest absolute Gasteiger partial charge is 0.393 e. The van der Waals surface area contributed by atoms with Crippen LogP contribution in [0.15, 0.2) is 119 Å². The number of aliphatic hydroxyl groups is 2. The molecule has 0 radical (unpaired) electrons. The molecule has 2 N–H and O–H groups in total. The van der Waals surface area contributed by atoms with Gasteiger partial charge in [-0.05, 0) is 89.2 Å². The van der Waals surface area contributed by atoms with Gasteiger partial charge in [-0.2, -0.15) is 0 Å². The van der Waals surface area contributed by atoms with Gasteiger partial charge in [0.25, 0.3) is 0 Å². The van der Waals surface area contributed by atoms with E-state index in [-0.39, 0.29) is 17.6 Å². The van der Waals surface area contributed by atoms with Crippen LogP contribution < -0.4 is 0 Å². The Morgan fingerprint density at radius 1 is 0.575 bits per heavy atom. The van der Waals surface area contributed by atoms with Crippen molar-refractivity contribution in [3.05, 3.63) is 119 Å². The lowest BCUT2D eigenvalue weighted by molar-refractivity contribution is -0.265. The predicted octanol–water partition coefficient (Wildman–Crippen LogP) is 17.9. The smallest absolute Gasteiger partial charge is 0.359 e. The van der Waals surface area contributed by atoms with Gasteiger partial charge in [-0.25, -0.2) is 19.4 Å². The van der Waals surface area contributed by atoms with Crippen LogP contribution in [0.4, 0.5) is 0 Å². The fourth-order valence-corrected chi connectivity index (χ4v) is 11.0. The highest BCUT2D eigenvalue weighted by Gasteiger charge is 2.53. The van der Waals surface area contributed by atoms with Crippen molar-refractivity contribution in [2.24, 2.45) is 28.1 Å². The van der Waals surface area contributed by atoms with Gasteiger partial charge in [-0.15, -0.1) is 0 Å². The third kappa shape index (κ3) is 24.4. The van der Waals surface area contributed by atoms with Gasteiger partial charge in [0.15, 0.2) is 5.78 Å². The van der Waals surface area contributed by atoms with Crippen molar-refractivity contribution in [1.82, 2.24) is 0 Å². The molecular formula is C66H104O7. The third-order valence-electron chi connectivity index (χ3n) is 15.9. The summed E-state index contributed by atoms with van der Waals surface area (Å²) in [6.07, 6.45) is 51.6. The van der Waals surface area contributed by atoms with Crippen molar-refractivity contribution in [1.29, 1.82) is 0 Å². The van der Waals surface area contributed by atoms with E-state index in [9.17, 15) is 24.6 Å². The van der Waals surface area contributed by atoms with Crippen LogP contribution in [-0.2, 0) is 24.2 Å². The lowest BCUT2D eigenvalue weighted by atomic mass is 9.59. The molecule has 1 saturated carbocycles. The van der Waals surface area contributed by atoms with Gasteiger partial charge in [-0.3, -0.25) is 4.79 Å². The van der Waals surface area contributed by atoms with Crippen LogP contribution in [0.1, 0.15) is 237 Å². The zero-order valence-corrected chi connectivity index (χ0v) is 48.3. The van der Waals surface area contributed by atoms with Crippen LogP contribution in [-0.4, -0.2) is 40.1 Å². The Morgan fingerprint density at radius 2 is 1.03 bits per heavy atom. The summed E-state index contributed by atoms with van der Waals surface area (Å²) in [4.78, 5) is 50.4. The average Bonchev–Trinajstić information content (AvgIpc) is 3.55. The molecule has 2 aliphatic rings. The highest BCUT2D eigenvalue weighted by molar-refractivity contribution is 5.96. The van der Waals surface area contributed by atoms with Crippen LogP contribution in [0.3, 0.4) is 0 Å². The second kappa shape index (κ2) is 35.2. The summed E-state index contributed by atoms with van der Waals surface area (Å²) >= 11 is 0. The molecule has 0 heterocycles. The fourth-order valence-electron chi connectivity index (χ4n) is 11.0. The molecule has 0 aromatic rings. The van der Waals surface area contributed by atoms with Crippen LogP contribution in [0.25, 0.3) is 0 Å². The number of carbonyl (C=O) groups excluding carboxylic acids is 3. The van der Waals surface area contributed by atoms with Crippen molar-refractivity contribution in [3.63, 3.8) is 0 Å².